The third-order valence-corrected chi connectivity index (χ3v) is 5.17. The zero-order valence-electron chi connectivity index (χ0n) is 17.6. The molecule has 0 unspecified atom stereocenters. The predicted octanol–water partition coefficient (Wildman–Crippen LogP) is 4.55. The largest absolute Gasteiger partial charge is 0.367 e. The fraction of sp³-hybridized carbons (Fsp3) is 0.250. The van der Waals surface area contributed by atoms with E-state index in [4.69, 9.17) is 4.74 Å². The summed E-state index contributed by atoms with van der Waals surface area (Å²) in [4.78, 5) is 12.5. The molecular formula is C24H27N3O2. The molecule has 0 aliphatic rings. The lowest BCUT2D eigenvalue weighted by atomic mass is 10.1. The number of rotatable bonds is 6. The number of ether oxygens (including phenoxy) is 1. The molecule has 1 N–H and O–H groups in total. The molecule has 1 amide bonds. The Morgan fingerprint density at radius 2 is 1.76 bits per heavy atom. The van der Waals surface area contributed by atoms with Gasteiger partial charge in [-0.3, -0.25) is 4.79 Å². The Kier molecular flexibility index (Phi) is 6.29. The van der Waals surface area contributed by atoms with Crippen molar-refractivity contribution in [2.45, 2.75) is 33.8 Å². The molecule has 5 heteroatoms. The van der Waals surface area contributed by atoms with Gasteiger partial charge >= 0.3 is 0 Å². The quantitative estimate of drug-likeness (QED) is 0.497. The highest BCUT2D eigenvalue weighted by atomic mass is 16.5. The van der Waals surface area contributed by atoms with Crippen LogP contribution in [0.15, 0.2) is 59.7 Å². The number of carbonyl (C=O) groups is 1. The summed E-state index contributed by atoms with van der Waals surface area (Å²) in [6.07, 6.45) is 0.978. The van der Waals surface area contributed by atoms with E-state index in [1.54, 1.807) is 6.21 Å². The van der Waals surface area contributed by atoms with E-state index in [2.05, 4.69) is 60.1 Å². The van der Waals surface area contributed by atoms with Gasteiger partial charge in [-0.05, 0) is 62.6 Å². The molecule has 3 aromatic rings. The van der Waals surface area contributed by atoms with E-state index in [1.165, 1.54) is 18.2 Å². The summed E-state index contributed by atoms with van der Waals surface area (Å²) in [5.41, 5.74) is 10.1. The molecule has 0 fully saturated rings. The van der Waals surface area contributed by atoms with E-state index in [-0.39, 0.29) is 5.91 Å². The smallest absolute Gasteiger partial charge is 0.273 e. The molecule has 1 heterocycles. The first kappa shape index (κ1) is 20.6. The number of aryl methyl sites for hydroxylation is 3. The van der Waals surface area contributed by atoms with Crippen LogP contribution in [-0.2, 0) is 9.53 Å². The Bertz CT molecular complexity index is 1040. The molecule has 0 spiro atoms. The van der Waals surface area contributed by atoms with Gasteiger partial charge in [-0.25, -0.2) is 5.43 Å². The third-order valence-electron chi connectivity index (χ3n) is 5.17. The number of nitrogens with one attached hydrogen (secondary N) is 1. The third kappa shape index (κ3) is 4.46. The van der Waals surface area contributed by atoms with Gasteiger partial charge in [0.25, 0.3) is 5.91 Å². The fourth-order valence-corrected chi connectivity index (χ4v) is 3.43. The number of aromatic nitrogens is 1. The average molecular weight is 389 g/mol. The SMILES string of the molecule is CO[C@@H](C(=O)N/N=C\c1cc(C)n(-c2ccc(C)c(C)c2)c1C)c1ccccc1. The summed E-state index contributed by atoms with van der Waals surface area (Å²) in [5.74, 6) is -0.307. The zero-order valence-corrected chi connectivity index (χ0v) is 17.6. The van der Waals surface area contributed by atoms with Crippen molar-refractivity contribution in [2.75, 3.05) is 7.11 Å². The second-order valence-corrected chi connectivity index (χ2v) is 7.19. The van der Waals surface area contributed by atoms with Gasteiger partial charge in [0.2, 0.25) is 0 Å². The highest BCUT2D eigenvalue weighted by Gasteiger charge is 2.19. The Balaban J connectivity index is 1.77. The second kappa shape index (κ2) is 8.88. The maximum absolute atomic E-state index is 12.5. The molecule has 2 aromatic carbocycles. The van der Waals surface area contributed by atoms with Crippen molar-refractivity contribution in [3.63, 3.8) is 0 Å². The van der Waals surface area contributed by atoms with E-state index < -0.39 is 6.10 Å². The number of hydrazone groups is 1. The molecule has 1 aromatic heterocycles. The van der Waals surface area contributed by atoms with E-state index in [9.17, 15) is 4.79 Å². The van der Waals surface area contributed by atoms with E-state index in [0.717, 1.165) is 28.2 Å². The van der Waals surface area contributed by atoms with Crippen molar-refractivity contribution in [1.29, 1.82) is 0 Å². The highest BCUT2D eigenvalue weighted by molar-refractivity contribution is 5.86. The first-order valence-corrected chi connectivity index (χ1v) is 9.59. The van der Waals surface area contributed by atoms with Crippen LogP contribution < -0.4 is 5.43 Å². The highest BCUT2D eigenvalue weighted by Crippen LogP contribution is 2.22. The monoisotopic (exact) mass is 389 g/mol. The summed E-state index contributed by atoms with van der Waals surface area (Å²) >= 11 is 0. The molecule has 0 aliphatic heterocycles. The van der Waals surface area contributed by atoms with Crippen LogP contribution in [0.5, 0.6) is 0 Å². The molecule has 0 saturated heterocycles. The normalized spacial score (nSPS) is 12.3. The minimum absolute atomic E-state index is 0.307. The predicted molar refractivity (Wildman–Crippen MR) is 117 cm³/mol. The van der Waals surface area contributed by atoms with E-state index in [0.29, 0.717) is 0 Å². The van der Waals surface area contributed by atoms with Gasteiger partial charge in [-0.1, -0.05) is 36.4 Å². The molecule has 0 saturated carbocycles. The minimum Gasteiger partial charge on any atom is -0.367 e. The van der Waals surface area contributed by atoms with Crippen LogP contribution in [0.1, 0.15) is 39.7 Å². The molecule has 3 rings (SSSR count). The molecule has 0 bridgehead atoms. The van der Waals surface area contributed by atoms with Crippen molar-refractivity contribution in [2.24, 2.45) is 5.10 Å². The lowest BCUT2D eigenvalue weighted by Gasteiger charge is -2.13. The van der Waals surface area contributed by atoms with Crippen LogP contribution in [-0.4, -0.2) is 23.8 Å². The molecule has 0 radical (unpaired) electrons. The average Bonchev–Trinajstić information content (AvgIpc) is 2.99. The first-order chi connectivity index (χ1) is 13.9. The van der Waals surface area contributed by atoms with Gasteiger partial charge in [0, 0.05) is 29.7 Å². The van der Waals surface area contributed by atoms with Gasteiger partial charge in [0.15, 0.2) is 6.10 Å². The number of carbonyl (C=O) groups excluding carboxylic acids is 1. The Morgan fingerprint density at radius 3 is 2.41 bits per heavy atom. The van der Waals surface area contributed by atoms with E-state index >= 15 is 0 Å². The summed E-state index contributed by atoms with van der Waals surface area (Å²) in [5, 5.41) is 4.16. The van der Waals surface area contributed by atoms with Crippen LogP contribution in [0.4, 0.5) is 0 Å². The Morgan fingerprint density at radius 1 is 1.03 bits per heavy atom. The first-order valence-electron chi connectivity index (χ1n) is 9.59. The van der Waals surface area contributed by atoms with Crippen LogP contribution in [0.2, 0.25) is 0 Å². The van der Waals surface area contributed by atoms with Crippen molar-refractivity contribution >= 4 is 12.1 Å². The van der Waals surface area contributed by atoms with Crippen LogP contribution in [0, 0.1) is 27.7 Å². The maximum atomic E-state index is 12.5. The maximum Gasteiger partial charge on any atom is 0.273 e. The van der Waals surface area contributed by atoms with E-state index in [1.807, 2.05) is 37.3 Å². The van der Waals surface area contributed by atoms with Gasteiger partial charge in [-0.15, -0.1) is 0 Å². The number of amides is 1. The Hall–Kier alpha value is -3.18. The number of benzene rings is 2. The molecule has 1 atom stereocenters. The van der Waals surface area contributed by atoms with Crippen LogP contribution >= 0.6 is 0 Å². The molecule has 0 aliphatic carbocycles. The number of hydrogen-bond donors (Lipinski definition) is 1. The number of methoxy groups -OCH3 is 1. The second-order valence-electron chi connectivity index (χ2n) is 7.19. The van der Waals surface area contributed by atoms with Gasteiger partial charge in [0.1, 0.15) is 0 Å². The van der Waals surface area contributed by atoms with Gasteiger partial charge in [0.05, 0.1) is 6.21 Å². The summed E-state index contributed by atoms with van der Waals surface area (Å²) in [6, 6.07) is 17.9. The molecule has 150 valence electrons. The lowest BCUT2D eigenvalue weighted by Crippen LogP contribution is -2.26. The minimum atomic E-state index is -0.698. The van der Waals surface area contributed by atoms with Crippen LogP contribution in [0.3, 0.4) is 0 Å². The zero-order chi connectivity index (χ0) is 21.0. The van der Waals surface area contributed by atoms with Gasteiger partial charge < -0.3 is 9.30 Å². The molecular weight excluding hydrogens is 362 g/mol. The molecule has 29 heavy (non-hydrogen) atoms. The van der Waals surface area contributed by atoms with Crippen molar-refractivity contribution < 1.29 is 9.53 Å². The van der Waals surface area contributed by atoms with Crippen LogP contribution in [0.25, 0.3) is 5.69 Å². The fourth-order valence-electron chi connectivity index (χ4n) is 3.43. The lowest BCUT2D eigenvalue weighted by molar-refractivity contribution is -0.131. The van der Waals surface area contributed by atoms with Crippen molar-refractivity contribution in [3.8, 4) is 5.69 Å². The summed E-state index contributed by atoms with van der Waals surface area (Å²) in [6.45, 7) is 8.34. The number of nitrogens with zero attached hydrogens (tertiary/aromatic N) is 2. The number of hydrogen-bond acceptors (Lipinski definition) is 3. The Labute approximate surface area is 172 Å². The van der Waals surface area contributed by atoms with Crippen molar-refractivity contribution in [3.05, 3.63) is 88.2 Å². The topological polar surface area (TPSA) is 55.6 Å². The summed E-state index contributed by atoms with van der Waals surface area (Å²) in [7, 11) is 1.51. The standard InChI is InChI=1S/C24H27N3O2/c1-16-11-12-22(13-17(16)2)27-18(3)14-21(19(27)4)15-25-26-24(28)23(29-5)20-9-7-6-8-10-20/h6-15,23H,1-5H3,(H,26,28)/b25-15-/t23-/m1/s1. The van der Waals surface area contributed by atoms with Crippen molar-refractivity contribution in [1.82, 2.24) is 9.99 Å². The summed E-state index contributed by atoms with van der Waals surface area (Å²) < 4.78 is 7.53. The molecule has 5 nitrogen and oxygen atoms in total. The van der Waals surface area contributed by atoms with Gasteiger partial charge in [-0.2, -0.15) is 5.10 Å².